The number of unbranched alkanes of at least 4 members (excludes halogenated alkanes) is 1. The van der Waals surface area contributed by atoms with Crippen LogP contribution in [0.15, 0.2) is 46.8 Å². The molecule has 1 aromatic carbocycles. The third kappa shape index (κ3) is 5.51. The van der Waals surface area contributed by atoms with E-state index < -0.39 is 29.6 Å². The van der Waals surface area contributed by atoms with E-state index in [4.69, 9.17) is 9.47 Å². The summed E-state index contributed by atoms with van der Waals surface area (Å²) >= 11 is 0. The van der Waals surface area contributed by atoms with E-state index in [2.05, 4.69) is 0 Å². The highest BCUT2D eigenvalue weighted by molar-refractivity contribution is 6.01. The first-order valence-corrected chi connectivity index (χ1v) is 11.3. The van der Waals surface area contributed by atoms with Crippen LogP contribution in [0.1, 0.15) is 70.9 Å². The SMILES string of the molecule is CCCCC(=O)N1C(C)=C(C(=O)OCC)C(c2ccccc2C(F)(F)F)C(C(=O)OCC)=C1C. The van der Waals surface area contributed by atoms with E-state index in [1.165, 1.54) is 36.9 Å². The van der Waals surface area contributed by atoms with Crippen LogP contribution in [-0.4, -0.2) is 36.0 Å². The van der Waals surface area contributed by atoms with Gasteiger partial charge in [0.2, 0.25) is 5.91 Å². The molecular formula is C25H30F3NO5. The zero-order valence-corrected chi connectivity index (χ0v) is 20.0. The number of hydrogen-bond donors (Lipinski definition) is 0. The number of esters is 2. The number of carbonyl (C=O) groups excluding carboxylic acids is 3. The Morgan fingerprint density at radius 2 is 1.41 bits per heavy atom. The van der Waals surface area contributed by atoms with Crippen molar-refractivity contribution in [3.05, 3.63) is 57.9 Å². The maximum absolute atomic E-state index is 14.0. The third-order valence-corrected chi connectivity index (χ3v) is 5.59. The first-order valence-electron chi connectivity index (χ1n) is 11.3. The van der Waals surface area contributed by atoms with Gasteiger partial charge in [-0.1, -0.05) is 31.5 Å². The summed E-state index contributed by atoms with van der Waals surface area (Å²) in [6, 6.07) is 4.75. The van der Waals surface area contributed by atoms with E-state index in [1.807, 2.05) is 6.92 Å². The average molecular weight is 482 g/mol. The van der Waals surface area contributed by atoms with Crippen molar-refractivity contribution in [3.8, 4) is 0 Å². The molecular weight excluding hydrogens is 451 g/mol. The van der Waals surface area contributed by atoms with Gasteiger partial charge in [-0.3, -0.25) is 9.69 Å². The van der Waals surface area contributed by atoms with E-state index in [0.717, 1.165) is 12.5 Å². The number of benzene rings is 1. The Hall–Kier alpha value is -3.10. The molecule has 0 bridgehead atoms. The summed E-state index contributed by atoms with van der Waals surface area (Å²) in [6.45, 7) is 7.91. The van der Waals surface area contributed by atoms with Crippen LogP contribution in [0.2, 0.25) is 0 Å². The first-order chi connectivity index (χ1) is 16.0. The molecule has 1 aliphatic heterocycles. The molecule has 0 atom stereocenters. The quantitative estimate of drug-likeness (QED) is 0.459. The fraction of sp³-hybridized carbons (Fsp3) is 0.480. The topological polar surface area (TPSA) is 72.9 Å². The fourth-order valence-corrected chi connectivity index (χ4v) is 4.14. The van der Waals surface area contributed by atoms with Crippen molar-refractivity contribution in [2.75, 3.05) is 13.2 Å². The lowest BCUT2D eigenvalue weighted by atomic mass is 9.77. The van der Waals surface area contributed by atoms with Crippen LogP contribution in [0.5, 0.6) is 0 Å². The fourth-order valence-electron chi connectivity index (χ4n) is 4.14. The lowest BCUT2D eigenvalue weighted by Crippen LogP contribution is -2.39. The molecule has 34 heavy (non-hydrogen) atoms. The number of hydrogen-bond acceptors (Lipinski definition) is 5. The summed E-state index contributed by atoms with van der Waals surface area (Å²) in [5.41, 5.74) is -1.41. The number of carbonyl (C=O) groups is 3. The molecule has 186 valence electrons. The van der Waals surface area contributed by atoms with Crippen LogP contribution in [-0.2, 0) is 30.0 Å². The average Bonchev–Trinajstić information content (AvgIpc) is 2.76. The number of allylic oxidation sites excluding steroid dienone is 2. The van der Waals surface area contributed by atoms with Gasteiger partial charge in [0.05, 0.1) is 35.8 Å². The molecule has 2 rings (SSSR count). The molecule has 0 spiro atoms. The minimum absolute atomic E-state index is 0.0372. The van der Waals surface area contributed by atoms with Crippen LogP contribution in [0, 0.1) is 0 Å². The van der Waals surface area contributed by atoms with Crippen LogP contribution in [0.25, 0.3) is 0 Å². The molecule has 0 aliphatic carbocycles. The normalized spacial score (nSPS) is 15.0. The van der Waals surface area contributed by atoms with Crippen molar-refractivity contribution in [1.29, 1.82) is 0 Å². The predicted octanol–water partition coefficient (Wildman–Crippen LogP) is 5.50. The molecule has 1 aromatic rings. The Bertz CT molecular complexity index is 968. The van der Waals surface area contributed by atoms with Crippen LogP contribution >= 0.6 is 0 Å². The summed E-state index contributed by atoms with van der Waals surface area (Å²) in [6.07, 6.45) is -3.30. The Morgan fingerprint density at radius 3 is 1.85 bits per heavy atom. The largest absolute Gasteiger partial charge is 0.463 e. The number of halogens is 3. The van der Waals surface area contributed by atoms with Crippen molar-refractivity contribution in [2.24, 2.45) is 0 Å². The molecule has 0 saturated carbocycles. The van der Waals surface area contributed by atoms with E-state index in [9.17, 15) is 27.6 Å². The monoisotopic (exact) mass is 481 g/mol. The van der Waals surface area contributed by atoms with Gasteiger partial charge in [-0.15, -0.1) is 0 Å². The van der Waals surface area contributed by atoms with Gasteiger partial charge in [0.15, 0.2) is 0 Å². The molecule has 0 unspecified atom stereocenters. The summed E-state index contributed by atoms with van der Waals surface area (Å²) < 4.78 is 52.2. The number of nitrogens with zero attached hydrogens (tertiary/aromatic N) is 1. The maximum atomic E-state index is 14.0. The molecule has 6 nitrogen and oxygen atoms in total. The van der Waals surface area contributed by atoms with Gasteiger partial charge in [-0.2, -0.15) is 13.2 Å². The Kier molecular flexibility index (Phi) is 9.06. The minimum atomic E-state index is -4.74. The Balaban J connectivity index is 2.91. The van der Waals surface area contributed by atoms with Crippen molar-refractivity contribution >= 4 is 17.8 Å². The van der Waals surface area contributed by atoms with Gasteiger partial charge in [-0.25, -0.2) is 9.59 Å². The van der Waals surface area contributed by atoms with Crippen molar-refractivity contribution in [2.45, 2.75) is 66.0 Å². The second-order valence-electron chi connectivity index (χ2n) is 7.79. The summed E-state index contributed by atoms with van der Waals surface area (Å²) in [7, 11) is 0. The highest BCUT2D eigenvalue weighted by atomic mass is 19.4. The van der Waals surface area contributed by atoms with E-state index in [-0.39, 0.29) is 53.6 Å². The Morgan fingerprint density at radius 1 is 0.912 bits per heavy atom. The Labute approximate surface area is 197 Å². The van der Waals surface area contributed by atoms with Gasteiger partial charge < -0.3 is 9.47 Å². The smallest absolute Gasteiger partial charge is 0.416 e. The number of alkyl halides is 3. The molecule has 1 heterocycles. The minimum Gasteiger partial charge on any atom is -0.463 e. The summed E-state index contributed by atoms with van der Waals surface area (Å²) in [5, 5.41) is 0. The molecule has 0 N–H and O–H groups in total. The van der Waals surface area contributed by atoms with Gasteiger partial charge in [0.25, 0.3) is 0 Å². The van der Waals surface area contributed by atoms with Gasteiger partial charge in [0.1, 0.15) is 0 Å². The standard InChI is InChI=1S/C25H30F3NO5/c1-6-9-14-19(30)29-15(4)20(23(31)33-7-2)22(21(16(29)5)24(32)34-8-3)17-12-10-11-13-18(17)25(26,27)28/h10-13,22H,6-9,14H2,1-5H3. The molecule has 0 fully saturated rings. The first kappa shape index (κ1) is 27.1. The number of rotatable bonds is 8. The number of amides is 1. The highest BCUT2D eigenvalue weighted by Crippen LogP contribution is 2.46. The zero-order valence-electron chi connectivity index (χ0n) is 20.0. The molecule has 0 radical (unpaired) electrons. The molecule has 1 amide bonds. The van der Waals surface area contributed by atoms with Crippen molar-refractivity contribution in [1.82, 2.24) is 4.90 Å². The lowest BCUT2D eigenvalue weighted by Gasteiger charge is -2.37. The van der Waals surface area contributed by atoms with E-state index in [1.54, 1.807) is 13.8 Å². The highest BCUT2D eigenvalue weighted by Gasteiger charge is 2.45. The predicted molar refractivity (Wildman–Crippen MR) is 119 cm³/mol. The molecule has 9 heteroatoms. The molecule has 1 aliphatic rings. The summed E-state index contributed by atoms with van der Waals surface area (Å²) in [5.74, 6) is -3.59. The van der Waals surface area contributed by atoms with Crippen LogP contribution in [0.3, 0.4) is 0 Å². The van der Waals surface area contributed by atoms with Crippen LogP contribution < -0.4 is 0 Å². The molecule has 0 saturated heterocycles. The second-order valence-corrected chi connectivity index (χ2v) is 7.79. The van der Waals surface area contributed by atoms with Gasteiger partial charge in [0, 0.05) is 17.8 Å². The number of ether oxygens (including phenoxy) is 2. The van der Waals surface area contributed by atoms with Crippen molar-refractivity contribution in [3.63, 3.8) is 0 Å². The van der Waals surface area contributed by atoms with E-state index >= 15 is 0 Å². The second kappa shape index (κ2) is 11.4. The lowest BCUT2D eigenvalue weighted by molar-refractivity contribution is -0.142. The van der Waals surface area contributed by atoms with Crippen LogP contribution in [0.4, 0.5) is 13.2 Å². The van der Waals surface area contributed by atoms with E-state index in [0.29, 0.717) is 6.42 Å². The third-order valence-electron chi connectivity index (χ3n) is 5.59. The van der Waals surface area contributed by atoms with Crippen molar-refractivity contribution < 1.29 is 37.0 Å². The summed E-state index contributed by atoms with van der Waals surface area (Å²) in [4.78, 5) is 40.5. The zero-order chi connectivity index (χ0) is 25.6. The maximum Gasteiger partial charge on any atom is 0.416 e. The molecule has 0 aromatic heterocycles. The van der Waals surface area contributed by atoms with Gasteiger partial charge >= 0.3 is 18.1 Å². The van der Waals surface area contributed by atoms with Gasteiger partial charge in [-0.05, 0) is 45.7 Å².